The molecule has 0 aromatic rings. The van der Waals surface area contributed by atoms with Crippen molar-refractivity contribution >= 4 is 18.6 Å². The number of carbonyl (C=O) groups is 1. The van der Waals surface area contributed by atoms with Gasteiger partial charge in [-0.25, -0.2) is 0 Å². The van der Waals surface area contributed by atoms with E-state index in [1.54, 1.807) is 6.92 Å². The van der Waals surface area contributed by atoms with Crippen molar-refractivity contribution in [3.05, 3.63) is 0 Å². The van der Waals surface area contributed by atoms with Crippen molar-refractivity contribution in [2.75, 3.05) is 6.61 Å². The topological polar surface area (TPSA) is 26.3 Å². The molecule has 0 spiro atoms. The number of ether oxygens (including phenoxy) is 1. The predicted molar refractivity (Wildman–Crippen MR) is 47.5 cm³/mol. The van der Waals surface area contributed by atoms with E-state index in [1.807, 2.05) is 0 Å². The molecule has 2 nitrogen and oxygen atoms in total. The van der Waals surface area contributed by atoms with Crippen molar-refractivity contribution in [1.82, 2.24) is 0 Å². The highest BCUT2D eigenvalue weighted by Crippen LogP contribution is 2.01. The Labute approximate surface area is 73.7 Å². The first kappa shape index (κ1) is 10.8. The fourth-order valence-corrected chi connectivity index (χ4v) is 0.581. The zero-order valence-corrected chi connectivity index (χ0v) is 8.11. The van der Waals surface area contributed by atoms with Gasteiger partial charge in [-0.15, -0.1) is 0 Å². The molecule has 65 valence electrons. The second-order valence-corrected chi connectivity index (χ2v) is 3.70. The van der Waals surface area contributed by atoms with E-state index in [9.17, 15) is 4.79 Å². The molecule has 11 heavy (non-hydrogen) atoms. The zero-order valence-electron chi connectivity index (χ0n) is 7.29. The van der Waals surface area contributed by atoms with Crippen molar-refractivity contribution in [2.24, 2.45) is 5.92 Å². The van der Waals surface area contributed by atoms with Gasteiger partial charge in [-0.05, 0) is 19.3 Å². The number of carbonyl (C=O) groups excluding carboxylic acids is 1. The van der Waals surface area contributed by atoms with Gasteiger partial charge in [-0.1, -0.05) is 26.5 Å². The summed E-state index contributed by atoms with van der Waals surface area (Å²) in [5.74, 6) is 0.295. The maximum absolute atomic E-state index is 10.8. The number of rotatable bonds is 4. The van der Waals surface area contributed by atoms with E-state index in [-0.39, 0.29) is 5.97 Å². The Balaban J connectivity index is 3.32. The van der Waals surface area contributed by atoms with E-state index < -0.39 is 5.25 Å². The molecule has 0 heterocycles. The van der Waals surface area contributed by atoms with E-state index in [4.69, 9.17) is 17.4 Å². The summed E-state index contributed by atoms with van der Waals surface area (Å²) in [5.41, 5.74) is 0. The highest BCUT2D eigenvalue weighted by atomic mass is 32.1. The smallest absolute Gasteiger partial charge is 0.319 e. The molecule has 1 unspecified atom stereocenters. The first-order chi connectivity index (χ1) is 5.04. The van der Waals surface area contributed by atoms with Crippen molar-refractivity contribution < 1.29 is 9.53 Å². The van der Waals surface area contributed by atoms with Crippen LogP contribution in [0.5, 0.6) is 0 Å². The average Bonchev–Trinajstić information content (AvgIpc) is 1.86. The molecule has 0 rings (SSSR count). The first-order valence-electron chi connectivity index (χ1n) is 3.86. The van der Waals surface area contributed by atoms with Crippen LogP contribution in [0.15, 0.2) is 0 Å². The number of esters is 1. The van der Waals surface area contributed by atoms with Crippen LogP contribution < -0.4 is 0 Å². The fourth-order valence-electron chi connectivity index (χ4n) is 0.513. The number of hydrogen-bond acceptors (Lipinski definition) is 2. The van der Waals surface area contributed by atoms with Crippen LogP contribution in [0.2, 0.25) is 0 Å². The SMILES string of the molecule is CC(C)CCOC(=O)C(C)[S]. The van der Waals surface area contributed by atoms with Crippen LogP contribution >= 0.6 is 12.6 Å². The molecule has 1 atom stereocenters. The van der Waals surface area contributed by atoms with Crippen molar-refractivity contribution in [3.63, 3.8) is 0 Å². The quantitative estimate of drug-likeness (QED) is 0.612. The first-order valence-corrected chi connectivity index (χ1v) is 4.33. The van der Waals surface area contributed by atoms with E-state index in [2.05, 4.69) is 13.8 Å². The van der Waals surface area contributed by atoms with Gasteiger partial charge in [0.25, 0.3) is 0 Å². The third-order valence-corrected chi connectivity index (χ3v) is 1.46. The Bertz CT molecular complexity index is 121. The lowest BCUT2D eigenvalue weighted by Gasteiger charge is -2.07. The minimum Gasteiger partial charge on any atom is -0.465 e. The molecule has 0 fully saturated rings. The lowest BCUT2D eigenvalue weighted by molar-refractivity contribution is -0.142. The van der Waals surface area contributed by atoms with E-state index in [0.29, 0.717) is 12.5 Å². The van der Waals surface area contributed by atoms with Crippen LogP contribution in [0, 0.1) is 5.92 Å². The van der Waals surface area contributed by atoms with Gasteiger partial charge in [-0.3, -0.25) is 4.79 Å². The Morgan fingerprint density at radius 2 is 2.00 bits per heavy atom. The van der Waals surface area contributed by atoms with Gasteiger partial charge in [0.2, 0.25) is 0 Å². The normalized spacial score (nSPS) is 13.2. The summed E-state index contributed by atoms with van der Waals surface area (Å²) in [4.78, 5) is 10.8. The van der Waals surface area contributed by atoms with Gasteiger partial charge in [0, 0.05) is 0 Å². The van der Waals surface area contributed by atoms with Gasteiger partial charge >= 0.3 is 5.97 Å². The van der Waals surface area contributed by atoms with Gasteiger partial charge < -0.3 is 4.74 Å². The number of hydrogen-bond donors (Lipinski definition) is 0. The summed E-state index contributed by atoms with van der Waals surface area (Å²) < 4.78 is 4.87. The van der Waals surface area contributed by atoms with Crippen molar-refractivity contribution in [2.45, 2.75) is 32.4 Å². The second-order valence-electron chi connectivity index (χ2n) is 2.99. The summed E-state index contributed by atoms with van der Waals surface area (Å²) >= 11 is 4.71. The Kier molecular flexibility index (Phi) is 5.38. The van der Waals surface area contributed by atoms with Crippen LogP contribution in [0.1, 0.15) is 27.2 Å². The van der Waals surface area contributed by atoms with Gasteiger partial charge in [0.15, 0.2) is 0 Å². The maximum atomic E-state index is 10.8. The molecule has 3 heteroatoms. The van der Waals surface area contributed by atoms with Crippen molar-refractivity contribution in [3.8, 4) is 0 Å². The highest BCUT2D eigenvalue weighted by molar-refractivity contribution is 7.81. The lowest BCUT2D eigenvalue weighted by Crippen LogP contribution is -2.15. The highest BCUT2D eigenvalue weighted by Gasteiger charge is 2.09. The van der Waals surface area contributed by atoms with E-state index in [0.717, 1.165) is 6.42 Å². The second kappa shape index (κ2) is 5.47. The zero-order chi connectivity index (χ0) is 8.85. The predicted octanol–water partition coefficient (Wildman–Crippen LogP) is 2.16. The average molecular weight is 175 g/mol. The Morgan fingerprint density at radius 1 is 1.45 bits per heavy atom. The van der Waals surface area contributed by atoms with Crippen molar-refractivity contribution in [1.29, 1.82) is 0 Å². The molecule has 0 amide bonds. The van der Waals surface area contributed by atoms with Crippen LogP contribution in [-0.4, -0.2) is 17.8 Å². The molecule has 0 aliphatic carbocycles. The fraction of sp³-hybridized carbons (Fsp3) is 0.875. The molecule has 0 aliphatic rings. The summed E-state index contributed by atoms with van der Waals surface area (Å²) in [6.45, 7) is 6.33. The lowest BCUT2D eigenvalue weighted by atomic mass is 10.1. The van der Waals surface area contributed by atoms with Gasteiger partial charge in [-0.2, -0.15) is 0 Å². The van der Waals surface area contributed by atoms with Crippen LogP contribution in [-0.2, 0) is 9.53 Å². The largest absolute Gasteiger partial charge is 0.465 e. The van der Waals surface area contributed by atoms with Crippen LogP contribution in [0.3, 0.4) is 0 Å². The Hall–Kier alpha value is -0.180. The molecule has 0 aromatic heterocycles. The van der Waals surface area contributed by atoms with E-state index >= 15 is 0 Å². The third kappa shape index (κ3) is 6.23. The van der Waals surface area contributed by atoms with Gasteiger partial charge in [0.05, 0.1) is 6.61 Å². The standard InChI is InChI=1S/C8H15O2S/c1-6(2)4-5-10-8(9)7(3)11/h6-7H,4-5H2,1-3H3. The molecular weight excluding hydrogens is 160 g/mol. The molecule has 0 N–H and O–H groups in total. The molecular formula is C8H15O2S. The van der Waals surface area contributed by atoms with Crippen LogP contribution in [0.25, 0.3) is 0 Å². The minimum atomic E-state index is -0.415. The molecule has 1 radical (unpaired) electrons. The monoisotopic (exact) mass is 175 g/mol. The third-order valence-electron chi connectivity index (χ3n) is 1.27. The summed E-state index contributed by atoms with van der Waals surface area (Å²) in [5, 5.41) is -0.415. The molecule has 0 aromatic carbocycles. The van der Waals surface area contributed by atoms with Crippen LogP contribution in [0.4, 0.5) is 0 Å². The minimum absolute atomic E-state index is 0.277. The molecule has 0 bridgehead atoms. The summed E-state index contributed by atoms with van der Waals surface area (Å²) in [6, 6.07) is 0. The summed E-state index contributed by atoms with van der Waals surface area (Å²) in [6.07, 6.45) is 0.911. The Morgan fingerprint density at radius 3 is 2.36 bits per heavy atom. The molecule has 0 saturated carbocycles. The molecule has 0 saturated heterocycles. The maximum Gasteiger partial charge on any atom is 0.319 e. The molecule has 0 aliphatic heterocycles. The van der Waals surface area contributed by atoms with Gasteiger partial charge in [0.1, 0.15) is 5.25 Å². The summed E-state index contributed by atoms with van der Waals surface area (Å²) in [7, 11) is 0. The van der Waals surface area contributed by atoms with E-state index in [1.165, 1.54) is 0 Å².